The van der Waals surface area contributed by atoms with E-state index in [4.69, 9.17) is 4.74 Å². The Bertz CT molecular complexity index is 515. The molecule has 20 heavy (non-hydrogen) atoms. The van der Waals surface area contributed by atoms with Gasteiger partial charge in [0.05, 0.1) is 12.0 Å². The van der Waals surface area contributed by atoms with Gasteiger partial charge in [-0.3, -0.25) is 0 Å². The predicted molar refractivity (Wildman–Crippen MR) is 80.5 cm³/mol. The largest absolute Gasteiger partial charge is 0.496 e. The molecule has 0 unspecified atom stereocenters. The zero-order valence-electron chi connectivity index (χ0n) is 12.4. The van der Waals surface area contributed by atoms with E-state index in [0.29, 0.717) is 18.8 Å². The highest BCUT2D eigenvalue weighted by molar-refractivity contribution is 7.89. The van der Waals surface area contributed by atoms with Crippen LogP contribution in [0.2, 0.25) is 0 Å². The van der Waals surface area contributed by atoms with Crippen LogP contribution in [0, 0.1) is 0 Å². The highest BCUT2D eigenvalue weighted by Gasteiger charge is 2.15. The molecular formula is C14H24N2O3S. The third-order valence-corrected chi connectivity index (χ3v) is 4.41. The molecule has 0 bridgehead atoms. The fourth-order valence-corrected chi connectivity index (χ4v) is 2.91. The SMILES string of the molecule is CCCCNS(=O)(=O)c1ccc(OC)c(CNCC)c1. The summed E-state index contributed by atoms with van der Waals surface area (Å²) in [4.78, 5) is 0.280. The van der Waals surface area contributed by atoms with Gasteiger partial charge in [-0.05, 0) is 31.2 Å². The van der Waals surface area contributed by atoms with Crippen LogP contribution in [-0.4, -0.2) is 28.6 Å². The van der Waals surface area contributed by atoms with E-state index < -0.39 is 10.0 Å². The van der Waals surface area contributed by atoms with Crippen LogP contribution < -0.4 is 14.8 Å². The first-order valence-electron chi connectivity index (χ1n) is 6.92. The molecule has 5 nitrogen and oxygen atoms in total. The molecule has 0 fully saturated rings. The van der Waals surface area contributed by atoms with Gasteiger partial charge in [-0.25, -0.2) is 13.1 Å². The Hall–Kier alpha value is -1.11. The predicted octanol–water partition coefficient (Wildman–Crippen LogP) is 1.88. The van der Waals surface area contributed by atoms with Crippen LogP contribution in [0.25, 0.3) is 0 Å². The minimum Gasteiger partial charge on any atom is -0.496 e. The molecule has 0 radical (unpaired) electrons. The van der Waals surface area contributed by atoms with Crippen LogP contribution in [0.1, 0.15) is 32.3 Å². The molecule has 0 atom stereocenters. The van der Waals surface area contributed by atoms with E-state index in [0.717, 1.165) is 24.9 Å². The Morgan fingerprint density at radius 3 is 2.60 bits per heavy atom. The monoisotopic (exact) mass is 300 g/mol. The first-order valence-corrected chi connectivity index (χ1v) is 8.40. The number of rotatable bonds is 9. The molecule has 6 heteroatoms. The second-order valence-electron chi connectivity index (χ2n) is 4.51. The lowest BCUT2D eigenvalue weighted by atomic mass is 10.2. The molecular weight excluding hydrogens is 276 g/mol. The number of unbranched alkanes of at least 4 members (excludes halogenated alkanes) is 1. The van der Waals surface area contributed by atoms with Gasteiger partial charge in [-0.15, -0.1) is 0 Å². The van der Waals surface area contributed by atoms with Crippen molar-refractivity contribution in [2.24, 2.45) is 0 Å². The van der Waals surface area contributed by atoms with Gasteiger partial charge >= 0.3 is 0 Å². The van der Waals surface area contributed by atoms with Crippen molar-refractivity contribution in [3.05, 3.63) is 23.8 Å². The minimum absolute atomic E-state index is 0.280. The molecule has 0 saturated heterocycles. The quantitative estimate of drug-likeness (QED) is 0.683. The van der Waals surface area contributed by atoms with E-state index in [1.54, 1.807) is 25.3 Å². The molecule has 0 saturated carbocycles. The zero-order valence-corrected chi connectivity index (χ0v) is 13.2. The first-order chi connectivity index (χ1) is 9.55. The van der Waals surface area contributed by atoms with Crippen LogP contribution in [-0.2, 0) is 16.6 Å². The summed E-state index contributed by atoms with van der Waals surface area (Å²) in [5, 5.41) is 3.18. The Balaban J connectivity index is 2.94. The van der Waals surface area contributed by atoms with Crippen LogP contribution in [0.4, 0.5) is 0 Å². The number of hydrogen-bond donors (Lipinski definition) is 2. The van der Waals surface area contributed by atoms with Gasteiger partial charge < -0.3 is 10.1 Å². The highest BCUT2D eigenvalue weighted by atomic mass is 32.2. The van der Waals surface area contributed by atoms with Crippen molar-refractivity contribution in [1.82, 2.24) is 10.0 Å². The van der Waals surface area contributed by atoms with Crippen molar-refractivity contribution in [1.29, 1.82) is 0 Å². The summed E-state index contributed by atoms with van der Waals surface area (Å²) in [7, 11) is -1.86. The van der Waals surface area contributed by atoms with Crippen LogP contribution in [0.15, 0.2) is 23.1 Å². The Morgan fingerprint density at radius 1 is 1.25 bits per heavy atom. The molecule has 0 aromatic heterocycles. The minimum atomic E-state index is -3.44. The summed E-state index contributed by atoms with van der Waals surface area (Å²) in [6.45, 7) is 5.88. The maximum atomic E-state index is 12.2. The summed E-state index contributed by atoms with van der Waals surface area (Å²) in [5.41, 5.74) is 0.840. The number of sulfonamides is 1. The summed E-state index contributed by atoms with van der Waals surface area (Å²) in [6.07, 6.45) is 1.79. The average Bonchev–Trinajstić information content (AvgIpc) is 2.44. The van der Waals surface area contributed by atoms with E-state index >= 15 is 0 Å². The molecule has 2 N–H and O–H groups in total. The number of nitrogens with one attached hydrogen (secondary N) is 2. The molecule has 0 aliphatic heterocycles. The van der Waals surface area contributed by atoms with E-state index in [-0.39, 0.29) is 4.90 Å². The van der Waals surface area contributed by atoms with Crippen molar-refractivity contribution in [3.8, 4) is 5.75 Å². The molecule has 0 aliphatic rings. The third kappa shape index (κ3) is 4.77. The topological polar surface area (TPSA) is 67.4 Å². The van der Waals surface area contributed by atoms with Gasteiger partial charge in [0.2, 0.25) is 10.0 Å². The van der Waals surface area contributed by atoms with Crippen molar-refractivity contribution in [3.63, 3.8) is 0 Å². The Labute approximate surface area is 121 Å². The lowest BCUT2D eigenvalue weighted by Gasteiger charge is -2.12. The van der Waals surface area contributed by atoms with Crippen molar-refractivity contribution >= 4 is 10.0 Å². The lowest BCUT2D eigenvalue weighted by Crippen LogP contribution is -2.25. The molecule has 114 valence electrons. The van der Waals surface area contributed by atoms with Gasteiger partial charge in [-0.2, -0.15) is 0 Å². The fourth-order valence-electron chi connectivity index (χ4n) is 1.79. The van der Waals surface area contributed by atoms with Crippen molar-refractivity contribution in [2.45, 2.75) is 38.1 Å². The fraction of sp³-hybridized carbons (Fsp3) is 0.571. The molecule has 0 amide bonds. The molecule has 1 aromatic rings. The van der Waals surface area contributed by atoms with Gasteiger partial charge in [0, 0.05) is 18.7 Å². The Kier molecular flexibility index (Phi) is 6.98. The summed E-state index contributed by atoms with van der Waals surface area (Å²) in [6, 6.07) is 4.93. The second-order valence-corrected chi connectivity index (χ2v) is 6.27. The lowest BCUT2D eigenvalue weighted by molar-refractivity contribution is 0.407. The van der Waals surface area contributed by atoms with Crippen molar-refractivity contribution in [2.75, 3.05) is 20.2 Å². The zero-order chi connectivity index (χ0) is 15.0. The summed E-state index contributed by atoms with van der Waals surface area (Å²) >= 11 is 0. The molecule has 0 heterocycles. The number of ether oxygens (including phenoxy) is 1. The van der Waals surface area contributed by atoms with Gasteiger partial charge in [-0.1, -0.05) is 20.3 Å². The second kappa shape index (κ2) is 8.24. The summed E-state index contributed by atoms with van der Waals surface area (Å²) in [5.74, 6) is 0.693. The number of methoxy groups -OCH3 is 1. The van der Waals surface area contributed by atoms with Crippen LogP contribution in [0.5, 0.6) is 5.75 Å². The number of benzene rings is 1. The van der Waals surface area contributed by atoms with Gasteiger partial charge in [0.15, 0.2) is 0 Å². The number of hydrogen-bond acceptors (Lipinski definition) is 4. The Morgan fingerprint density at radius 2 is 2.00 bits per heavy atom. The average molecular weight is 300 g/mol. The smallest absolute Gasteiger partial charge is 0.240 e. The molecule has 1 rings (SSSR count). The van der Waals surface area contributed by atoms with E-state index in [1.807, 2.05) is 13.8 Å². The normalized spacial score (nSPS) is 11.6. The highest BCUT2D eigenvalue weighted by Crippen LogP contribution is 2.22. The summed E-state index contributed by atoms with van der Waals surface area (Å²) < 4.78 is 32.2. The molecule has 0 aliphatic carbocycles. The molecule has 1 aromatic carbocycles. The van der Waals surface area contributed by atoms with E-state index in [1.165, 1.54) is 0 Å². The maximum Gasteiger partial charge on any atom is 0.240 e. The van der Waals surface area contributed by atoms with Crippen LogP contribution >= 0.6 is 0 Å². The van der Waals surface area contributed by atoms with Crippen molar-refractivity contribution < 1.29 is 13.2 Å². The first kappa shape index (κ1) is 16.9. The standard InChI is InChI=1S/C14H24N2O3S/c1-4-6-9-16-20(17,18)13-7-8-14(19-3)12(10-13)11-15-5-2/h7-8,10,15-16H,4-6,9,11H2,1-3H3. The molecule has 0 spiro atoms. The van der Waals surface area contributed by atoms with E-state index in [9.17, 15) is 8.42 Å². The van der Waals surface area contributed by atoms with E-state index in [2.05, 4.69) is 10.0 Å². The van der Waals surface area contributed by atoms with Gasteiger partial charge in [0.25, 0.3) is 0 Å². The maximum absolute atomic E-state index is 12.2. The van der Waals surface area contributed by atoms with Gasteiger partial charge in [0.1, 0.15) is 5.75 Å². The third-order valence-electron chi connectivity index (χ3n) is 2.95. The van der Waals surface area contributed by atoms with Crippen LogP contribution in [0.3, 0.4) is 0 Å².